The van der Waals surface area contributed by atoms with Crippen molar-refractivity contribution in [1.29, 1.82) is 0 Å². The normalized spacial score (nSPS) is 11.8. The lowest BCUT2D eigenvalue weighted by molar-refractivity contribution is 0.331. The number of ether oxygens (including phenoxy) is 1. The number of rotatable bonds is 4. The van der Waals surface area contributed by atoms with Crippen LogP contribution in [0.2, 0.25) is 5.28 Å². The van der Waals surface area contributed by atoms with Crippen molar-refractivity contribution < 1.29 is 13.2 Å². The zero-order valence-electron chi connectivity index (χ0n) is 12.5. The summed E-state index contributed by atoms with van der Waals surface area (Å²) in [4.78, 5) is 8.22. The maximum Gasteiger partial charge on any atom is 0.269 e. The Balaban J connectivity index is 2.22. The van der Waals surface area contributed by atoms with E-state index < -0.39 is 10.0 Å². The Labute approximate surface area is 138 Å². The fraction of sp³-hybridized carbons (Fsp3) is 0.200. The Morgan fingerprint density at radius 2 is 1.87 bits per heavy atom. The second-order valence-corrected chi connectivity index (χ2v) is 7.05. The molecule has 3 rings (SSSR count). The van der Waals surface area contributed by atoms with Gasteiger partial charge in [0.15, 0.2) is 5.65 Å². The van der Waals surface area contributed by atoms with E-state index in [1.807, 2.05) is 13.8 Å². The SMILES string of the molecule is CCOc1nc(Cl)nc2c1ccn2S(=O)(=O)c1ccc(C)cc1. The van der Waals surface area contributed by atoms with Gasteiger partial charge in [-0.15, -0.1) is 0 Å². The van der Waals surface area contributed by atoms with E-state index in [4.69, 9.17) is 16.3 Å². The third kappa shape index (κ3) is 2.77. The van der Waals surface area contributed by atoms with Gasteiger partial charge in [0.25, 0.3) is 10.0 Å². The maximum atomic E-state index is 12.8. The van der Waals surface area contributed by atoms with Crippen molar-refractivity contribution >= 4 is 32.7 Å². The lowest BCUT2D eigenvalue weighted by Crippen LogP contribution is -2.12. The highest BCUT2D eigenvalue weighted by Crippen LogP contribution is 2.28. The minimum absolute atomic E-state index is 0.0694. The van der Waals surface area contributed by atoms with Crippen LogP contribution in [0.4, 0.5) is 0 Å². The second-order valence-electron chi connectivity index (χ2n) is 4.90. The van der Waals surface area contributed by atoms with E-state index in [9.17, 15) is 8.42 Å². The Bertz CT molecular complexity index is 966. The molecule has 0 unspecified atom stereocenters. The number of benzene rings is 1. The van der Waals surface area contributed by atoms with Crippen LogP contribution in [0.1, 0.15) is 12.5 Å². The lowest BCUT2D eigenvalue weighted by atomic mass is 10.2. The molecule has 2 aromatic heterocycles. The molecule has 23 heavy (non-hydrogen) atoms. The molecular formula is C15H14ClN3O3S. The third-order valence-corrected chi connectivity index (χ3v) is 5.16. The van der Waals surface area contributed by atoms with E-state index in [0.29, 0.717) is 12.0 Å². The number of fused-ring (bicyclic) bond motifs is 1. The van der Waals surface area contributed by atoms with Gasteiger partial charge in [-0.05, 0) is 43.6 Å². The maximum absolute atomic E-state index is 12.8. The molecule has 0 amide bonds. The minimum Gasteiger partial charge on any atom is -0.477 e. The predicted molar refractivity (Wildman–Crippen MR) is 87.5 cm³/mol. The van der Waals surface area contributed by atoms with Gasteiger partial charge in [-0.2, -0.15) is 9.97 Å². The van der Waals surface area contributed by atoms with Crippen molar-refractivity contribution in [3.8, 4) is 5.88 Å². The molecule has 0 atom stereocenters. The summed E-state index contributed by atoms with van der Waals surface area (Å²) in [5.74, 6) is 0.264. The van der Waals surface area contributed by atoms with Crippen LogP contribution in [0.3, 0.4) is 0 Å². The summed E-state index contributed by atoms with van der Waals surface area (Å²) in [6.45, 7) is 4.09. The van der Waals surface area contributed by atoms with Crippen molar-refractivity contribution in [2.24, 2.45) is 0 Å². The smallest absolute Gasteiger partial charge is 0.269 e. The summed E-state index contributed by atoms with van der Waals surface area (Å²) >= 11 is 5.89. The monoisotopic (exact) mass is 351 g/mol. The first-order valence-electron chi connectivity index (χ1n) is 6.93. The Morgan fingerprint density at radius 1 is 1.17 bits per heavy atom. The van der Waals surface area contributed by atoms with Gasteiger partial charge in [0.1, 0.15) is 0 Å². The number of hydrogen-bond donors (Lipinski definition) is 0. The van der Waals surface area contributed by atoms with Gasteiger partial charge in [0.05, 0.1) is 16.9 Å². The summed E-state index contributed by atoms with van der Waals surface area (Å²) < 4.78 is 32.1. The van der Waals surface area contributed by atoms with Crippen molar-refractivity contribution in [3.05, 3.63) is 47.4 Å². The molecule has 0 saturated heterocycles. The van der Waals surface area contributed by atoms with Gasteiger partial charge in [-0.3, -0.25) is 0 Å². The van der Waals surface area contributed by atoms with Gasteiger partial charge in [-0.25, -0.2) is 12.4 Å². The quantitative estimate of drug-likeness (QED) is 0.675. The topological polar surface area (TPSA) is 74.1 Å². The number of hydrogen-bond acceptors (Lipinski definition) is 5. The highest BCUT2D eigenvalue weighted by Gasteiger charge is 2.22. The van der Waals surface area contributed by atoms with E-state index in [0.717, 1.165) is 9.54 Å². The molecule has 0 bridgehead atoms. The number of halogens is 1. The highest BCUT2D eigenvalue weighted by atomic mass is 35.5. The molecule has 120 valence electrons. The van der Waals surface area contributed by atoms with Crippen LogP contribution in [0, 0.1) is 6.92 Å². The molecule has 3 aromatic rings. The van der Waals surface area contributed by atoms with Crippen LogP contribution in [-0.4, -0.2) is 29.0 Å². The second kappa shape index (κ2) is 5.82. The van der Waals surface area contributed by atoms with Crippen LogP contribution in [-0.2, 0) is 10.0 Å². The molecule has 0 aliphatic heterocycles. The molecule has 1 aromatic carbocycles. The van der Waals surface area contributed by atoms with Gasteiger partial charge < -0.3 is 4.74 Å². The predicted octanol–water partition coefficient (Wildman–Crippen LogP) is 3.03. The molecule has 0 aliphatic rings. The fourth-order valence-electron chi connectivity index (χ4n) is 2.20. The summed E-state index contributed by atoms with van der Waals surface area (Å²) in [5, 5.41) is 0.423. The summed E-state index contributed by atoms with van der Waals surface area (Å²) in [6, 6.07) is 8.20. The Hall–Kier alpha value is -2.12. The lowest BCUT2D eigenvalue weighted by Gasteiger charge is -2.08. The van der Waals surface area contributed by atoms with E-state index in [2.05, 4.69) is 9.97 Å². The van der Waals surface area contributed by atoms with Gasteiger partial charge in [-0.1, -0.05) is 17.7 Å². The van der Waals surface area contributed by atoms with E-state index >= 15 is 0 Å². The van der Waals surface area contributed by atoms with Gasteiger partial charge >= 0.3 is 0 Å². The van der Waals surface area contributed by atoms with E-state index in [1.165, 1.54) is 6.20 Å². The molecule has 6 nitrogen and oxygen atoms in total. The Morgan fingerprint density at radius 3 is 2.52 bits per heavy atom. The number of nitrogens with zero attached hydrogens (tertiary/aromatic N) is 3. The fourth-order valence-corrected chi connectivity index (χ4v) is 3.66. The first kappa shape index (κ1) is 15.8. The van der Waals surface area contributed by atoms with Crippen LogP contribution in [0.25, 0.3) is 11.0 Å². The van der Waals surface area contributed by atoms with E-state index in [-0.39, 0.29) is 21.7 Å². The minimum atomic E-state index is -3.78. The molecular weight excluding hydrogens is 338 g/mol. The zero-order valence-corrected chi connectivity index (χ0v) is 14.1. The van der Waals surface area contributed by atoms with Crippen molar-refractivity contribution in [2.45, 2.75) is 18.7 Å². The van der Waals surface area contributed by atoms with E-state index in [1.54, 1.807) is 30.3 Å². The zero-order chi connectivity index (χ0) is 16.6. The summed E-state index contributed by atoms with van der Waals surface area (Å²) in [6.07, 6.45) is 1.42. The molecule has 0 aliphatic carbocycles. The average Bonchev–Trinajstić information content (AvgIpc) is 2.92. The molecule has 0 radical (unpaired) electrons. The molecule has 0 fully saturated rings. The highest BCUT2D eigenvalue weighted by molar-refractivity contribution is 7.90. The van der Waals surface area contributed by atoms with Gasteiger partial charge in [0.2, 0.25) is 11.2 Å². The molecule has 0 saturated carbocycles. The van der Waals surface area contributed by atoms with Crippen molar-refractivity contribution in [3.63, 3.8) is 0 Å². The number of aromatic nitrogens is 3. The van der Waals surface area contributed by atoms with Crippen molar-refractivity contribution in [2.75, 3.05) is 6.61 Å². The van der Waals surface area contributed by atoms with Crippen LogP contribution in [0.15, 0.2) is 41.4 Å². The Kier molecular flexibility index (Phi) is 3.99. The third-order valence-electron chi connectivity index (χ3n) is 3.31. The number of aryl methyl sites for hydroxylation is 1. The first-order chi connectivity index (χ1) is 10.9. The van der Waals surface area contributed by atoms with Gasteiger partial charge in [0, 0.05) is 6.20 Å². The van der Waals surface area contributed by atoms with Crippen LogP contribution < -0.4 is 4.74 Å². The molecule has 8 heteroatoms. The average molecular weight is 352 g/mol. The first-order valence-corrected chi connectivity index (χ1v) is 8.75. The standard InChI is InChI=1S/C15H14ClN3O3S/c1-3-22-14-12-8-9-19(13(12)17-15(16)18-14)23(20,21)11-6-4-10(2)5-7-11/h4-9H,3H2,1-2H3. The summed E-state index contributed by atoms with van der Waals surface area (Å²) in [7, 11) is -3.78. The van der Waals surface area contributed by atoms with Crippen molar-refractivity contribution in [1.82, 2.24) is 13.9 Å². The molecule has 2 heterocycles. The molecule has 0 spiro atoms. The van der Waals surface area contributed by atoms with Crippen LogP contribution >= 0.6 is 11.6 Å². The molecule has 0 N–H and O–H groups in total. The summed E-state index contributed by atoms with van der Waals surface area (Å²) in [5.41, 5.74) is 1.17. The van der Waals surface area contributed by atoms with Crippen LogP contribution in [0.5, 0.6) is 5.88 Å². The largest absolute Gasteiger partial charge is 0.477 e.